The summed E-state index contributed by atoms with van der Waals surface area (Å²) in [7, 11) is 0. The van der Waals surface area contributed by atoms with Gasteiger partial charge in [0.1, 0.15) is 0 Å². The molecular formula is C20H26N2O. The van der Waals surface area contributed by atoms with Gasteiger partial charge in [0.2, 0.25) is 5.91 Å². The van der Waals surface area contributed by atoms with E-state index in [1.54, 1.807) is 0 Å². The number of hydrogen-bond donors (Lipinski definition) is 1. The molecule has 2 saturated heterocycles. The SMILES string of the molecule is O=C(C1CC12CCc1ccccc12)N1CC[C@@H]2CNC[C@@H]2CC1. The second-order valence-corrected chi connectivity index (χ2v) is 8.15. The van der Waals surface area contributed by atoms with Crippen molar-refractivity contribution in [2.75, 3.05) is 26.2 Å². The number of likely N-dealkylation sites (tertiary alicyclic amines) is 1. The van der Waals surface area contributed by atoms with Gasteiger partial charge in [0.25, 0.3) is 0 Å². The van der Waals surface area contributed by atoms with Crippen molar-refractivity contribution in [1.82, 2.24) is 10.2 Å². The highest BCUT2D eigenvalue weighted by molar-refractivity contribution is 5.85. The highest BCUT2D eigenvalue weighted by Gasteiger charge is 2.62. The van der Waals surface area contributed by atoms with Gasteiger partial charge in [0, 0.05) is 24.4 Å². The van der Waals surface area contributed by atoms with Crippen LogP contribution in [0.1, 0.15) is 36.8 Å². The molecule has 0 aromatic heterocycles. The fraction of sp³-hybridized carbons (Fsp3) is 0.650. The van der Waals surface area contributed by atoms with E-state index in [-0.39, 0.29) is 11.3 Å². The quantitative estimate of drug-likeness (QED) is 0.863. The third-order valence-corrected chi connectivity index (χ3v) is 7.10. The van der Waals surface area contributed by atoms with Crippen molar-refractivity contribution in [3.05, 3.63) is 35.4 Å². The molecule has 1 aromatic rings. The van der Waals surface area contributed by atoms with E-state index in [1.807, 2.05) is 0 Å². The lowest BCUT2D eigenvalue weighted by molar-refractivity contribution is -0.133. The number of hydrogen-bond acceptors (Lipinski definition) is 2. The molecule has 1 amide bonds. The van der Waals surface area contributed by atoms with E-state index in [2.05, 4.69) is 34.5 Å². The molecule has 2 unspecified atom stereocenters. The van der Waals surface area contributed by atoms with Crippen molar-refractivity contribution in [2.24, 2.45) is 17.8 Å². The van der Waals surface area contributed by atoms with Gasteiger partial charge in [-0.2, -0.15) is 0 Å². The molecule has 1 saturated carbocycles. The summed E-state index contributed by atoms with van der Waals surface area (Å²) in [6.07, 6.45) is 5.83. The van der Waals surface area contributed by atoms with Gasteiger partial charge in [-0.1, -0.05) is 24.3 Å². The summed E-state index contributed by atoms with van der Waals surface area (Å²) in [6, 6.07) is 8.81. The summed E-state index contributed by atoms with van der Waals surface area (Å²) in [6.45, 7) is 4.28. The first-order valence-corrected chi connectivity index (χ1v) is 9.36. The molecule has 5 rings (SSSR count). The Kier molecular flexibility index (Phi) is 3.09. The lowest BCUT2D eigenvalue weighted by Crippen LogP contribution is -2.35. The van der Waals surface area contributed by atoms with Crippen LogP contribution in [0, 0.1) is 17.8 Å². The van der Waals surface area contributed by atoms with Gasteiger partial charge < -0.3 is 10.2 Å². The zero-order valence-electron chi connectivity index (χ0n) is 13.8. The number of amides is 1. The predicted molar refractivity (Wildman–Crippen MR) is 90.2 cm³/mol. The number of fused-ring (bicyclic) bond motifs is 3. The number of carbonyl (C=O) groups excluding carboxylic acids is 1. The Hall–Kier alpha value is -1.35. The maximum Gasteiger partial charge on any atom is 0.226 e. The minimum absolute atomic E-state index is 0.206. The molecule has 1 spiro atoms. The van der Waals surface area contributed by atoms with Crippen LogP contribution in [0.5, 0.6) is 0 Å². The molecular weight excluding hydrogens is 284 g/mol. The number of carbonyl (C=O) groups is 1. The van der Waals surface area contributed by atoms with Crippen molar-refractivity contribution in [1.29, 1.82) is 0 Å². The van der Waals surface area contributed by atoms with Crippen LogP contribution < -0.4 is 5.32 Å². The van der Waals surface area contributed by atoms with Crippen molar-refractivity contribution >= 4 is 5.91 Å². The third kappa shape index (κ3) is 2.09. The number of aryl methyl sites for hydroxylation is 1. The van der Waals surface area contributed by atoms with Gasteiger partial charge in [0.05, 0.1) is 0 Å². The van der Waals surface area contributed by atoms with Gasteiger partial charge in [-0.05, 0) is 68.2 Å². The molecule has 1 N–H and O–H groups in total. The van der Waals surface area contributed by atoms with Crippen molar-refractivity contribution in [2.45, 2.75) is 37.5 Å². The third-order valence-electron chi connectivity index (χ3n) is 7.10. The molecule has 0 radical (unpaired) electrons. The molecule has 3 fully saturated rings. The fourth-order valence-corrected chi connectivity index (χ4v) is 5.58. The summed E-state index contributed by atoms with van der Waals surface area (Å²) in [5.74, 6) is 2.32. The van der Waals surface area contributed by atoms with Crippen LogP contribution in [0.2, 0.25) is 0 Å². The molecule has 1 aromatic carbocycles. The van der Waals surface area contributed by atoms with Crippen LogP contribution in [0.15, 0.2) is 24.3 Å². The highest BCUT2D eigenvalue weighted by atomic mass is 16.2. The maximum absolute atomic E-state index is 13.1. The molecule has 2 heterocycles. The van der Waals surface area contributed by atoms with E-state index in [1.165, 1.54) is 30.4 Å². The van der Waals surface area contributed by atoms with E-state index in [4.69, 9.17) is 0 Å². The molecule has 2 aliphatic heterocycles. The van der Waals surface area contributed by atoms with Crippen LogP contribution in [0.4, 0.5) is 0 Å². The number of nitrogens with zero attached hydrogens (tertiary/aromatic N) is 1. The van der Waals surface area contributed by atoms with E-state index in [0.29, 0.717) is 5.91 Å². The van der Waals surface area contributed by atoms with E-state index in [9.17, 15) is 4.79 Å². The molecule has 4 atom stereocenters. The zero-order chi connectivity index (χ0) is 15.4. The largest absolute Gasteiger partial charge is 0.342 e. The Labute approximate surface area is 138 Å². The molecule has 4 aliphatic rings. The Morgan fingerprint density at radius 2 is 1.87 bits per heavy atom. The molecule has 23 heavy (non-hydrogen) atoms. The minimum atomic E-state index is 0.206. The van der Waals surface area contributed by atoms with Crippen molar-refractivity contribution < 1.29 is 4.79 Å². The Morgan fingerprint density at radius 1 is 1.13 bits per heavy atom. The van der Waals surface area contributed by atoms with Gasteiger partial charge in [-0.15, -0.1) is 0 Å². The van der Waals surface area contributed by atoms with E-state index in [0.717, 1.165) is 50.9 Å². The van der Waals surface area contributed by atoms with Crippen LogP contribution in [0.3, 0.4) is 0 Å². The minimum Gasteiger partial charge on any atom is -0.342 e. The molecule has 2 aliphatic carbocycles. The monoisotopic (exact) mass is 310 g/mol. The normalized spacial score (nSPS) is 38.3. The Morgan fingerprint density at radius 3 is 2.65 bits per heavy atom. The Balaban J connectivity index is 1.31. The fourth-order valence-electron chi connectivity index (χ4n) is 5.58. The maximum atomic E-state index is 13.1. The Bertz CT molecular complexity index is 628. The second kappa shape index (κ2) is 5.07. The summed E-state index contributed by atoms with van der Waals surface area (Å²) in [4.78, 5) is 15.3. The molecule has 3 heteroatoms. The lowest BCUT2D eigenvalue weighted by atomic mass is 9.92. The average molecular weight is 310 g/mol. The zero-order valence-corrected chi connectivity index (χ0v) is 13.8. The van der Waals surface area contributed by atoms with Crippen LogP contribution in [0.25, 0.3) is 0 Å². The van der Waals surface area contributed by atoms with Gasteiger partial charge in [-0.3, -0.25) is 4.79 Å². The highest BCUT2D eigenvalue weighted by Crippen LogP contribution is 2.62. The topological polar surface area (TPSA) is 32.3 Å². The van der Waals surface area contributed by atoms with Crippen molar-refractivity contribution in [3.63, 3.8) is 0 Å². The first kappa shape index (κ1) is 14.0. The summed E-state index contributed by atoms with van der Waals surface area (Å²) in [5.41, 5.74) is 3.17. The summed E-state index contributed by atoms with van der Waals surface area (Å²) in [5, 5.41) is 3.52. The molecule has 0 bridgehead atoms. The summed E-state index contributed by atoms with van der Waals surface area (Å²) < 4.78 is 0. The van der Waals surface area contributed by atoms with Crippen LogP contribution >= 0.6 is 0 Å². The van der Waals surface area contributed by atoms with E-state index >= 15 is 0 Å². The van der Waals surface area contributed by atoms with E-state index < -0.39 is 0 Å². The van der Waals surface area contributed by atoms with Crippen LogP contribution in [-0.2, 0) is 16.6 Å². The second-order valence-electron chi connectivity index (χ2n) is 8.15. The van der Waals surface area contributed by atoms with Gasteiger partial charge >= 0.3 is 0 Å². The van der Waals surface area contributed by atoms with Gasteiger partial charge in [0.15, 0.2) is 0 Å². The predicted octanol–water partition coefficient (Wildman–Crippen LogP) is 2.35. The first-order chi connectivity index (χ1) is 11.3. The standard InChI is InChI=1S/C20H26N2O/c23-19(22-9-6-15-12-21-13-16(15)7-10-22)18-11-20(18)8-5-14-3-1-2-4-17(14)20/h1-4,15-16,18,21H,5-13H2/t15-,16+,18?,20?. The lowest BCUT2D eigenvalue weighted by Gasteiger charge is -2.22. The average Bonchev–Trinajstić information content (AvgIpc) is 3.05. The van der Waals surface area contributed by atoms with Gasteiger partial charge in [-0.25, -0.2) is 0 Å². The van der Waals surface area contributed by atoms with Crippen LogP contribution in [-0.4, -0.2) is 37.0 Å². The summed E-state index contributed by atoms with van der Waals surface area (Å²) >= 11 is 0. The number of benzene rings is 1. The molecule has 3 nitrogen and oxygen atoms in total. The first-order valence-electron chi connectivity index (χ1n) is 9.36. The van der Waals surface area contributed by atoms with Crippen molar-refractivity contribution in [3.8, 4) is 0 Å². The number of nitrogens with one attached hydrogen (secondary N) is 1. The smallest absolute Gasteiger partial charge is 0.226 e. The number of rotatable bonds is 1. The molecule has 122 valence electrons.